The molecule has 1 heterocycles. The average Bonchev–Trinajstić information content (AvgIpc) is 2.39. The lowest BCUT2D eigenvalue weighted by Gasteiger charge is -2.02. The first-order chi connectivity index (χ1) is 9.15. The summed E-state index contributed by atoms with van der Waals surface area (Å²) in [5.74, 6) is 0. The molecular weight excluding hydrogens is 264 g/mol. The Morgan fingerprint density at radius 3 is 2.68 bits per heavy atom. The number of rotatable bonds is 3. The zero-order chi connectivity index (χ0) is 13.7. The summed E-state index contributed by atoms with van der Waals surface area (Å²) in [6.45, 7) is 0. The Labute approximate surface area is 115 Å². The van der Waals surface area contributed by atoms with Crippen LogP contribution in [0.3, 0.4) is 0 Å². The highest BCUT2D eigenvalue weighted by molar-refractivity contribution is 6.30. The van der Waals surface area contributed by atoms with Gasteiger partial charge in [-0.3, -0.25) is 0 Å². The van der Waals surface area contributed by atoms with Gasteiger partial charge in [0, 0.05) is 10.6 Å². The number of aromatic nitrogens is 1. The summed E-state index contributed by atoms with van der Waals surface area (Å²) in [6.07, 6.45) is 1.42. The second kappa shape index (κ2) is 5.97. The van der Waals surface area contributed by atoms with Gasteiger partial charge in [0.1, 0.15) is 0 Å². The second-order valence-electron chi connectivity index (χ2n) is 3.69. The molecule has 0 saturated carbocycles. The number of pyridine rings is 1. The average molecular weight is 275 g/mol. The molecule has 3 N–H and O–H groups in total. The molecule has 0 spiro atoms. The Balaban J connectivity index is 2.21. The maximum atomic E-state index is 10.5. The van der Waals surface area contributed by atoms with Gasteiger partial charge < -0.3 is 5.73 Å². The fourth-order valence-corrected chi connectivity index (χ4v) is 1.59. The minimum atomic E-state index is -0.717. The Hall–Kier alpha value is -2.40. The molecule has 2 amide bonds. The number of hydrazone groups is 1. The Morgan fingerprint density at radius 1 is 1.26 bits per heavy atom. The maximum Gasteiger partial charge on any atom is 0.332 e. The predicted octanol–water partition coefficient (Wildman–Crippen LogP) is 2.40. The largest absolute Gasteiger partial charge is 0.350 e. The van der Waals surface area contributed by atoms with Crippen molar-refractivity contribution in [2.24, 2.45) is 10.8 Å². The SMILES string of the molecule is NC(=O)N/N=C/c1cccc(-c2ccc(Cl)cc2)n1. The molecule has 19 heavy (non-hydrogen) atoms. The summed E-state index contributed by atoms with van der Waals surface area (Å²) in [4.78, 5) is 14.9. The third-order valence-corrected chi connectivity index (χ3v) is 2.53. The van der Waals surface area contributed by atoms with Crippen LogP contribution in [0.4, 0.5) is 4.79 Å². The Kier molecular flexibility index (Phi) is 4.10. The lowest BCUT2D eigenvalue weighted by atomic mass is 10.1. The molecular formula is C13H11ClN4O. The van der Waals surface area contributed by atoms with Crippen molar-refractivity contribution >= 4 is 23.8 Å². The molecule has 96 valence electrons. The lowest BCUT2D eigenvalue weighted by Crippen LogP contribution is -2.24. The number of halogens is 1. The molecule has 2 aromatic rings. The van der Waals surface area contributed by atoms with Crippen molar-refractivity contribution in [3.05, 3.63) is 53.2 Å². The van der Waals surface area contributed by atoms with E-state index in [1.807, 2.05) is 24.3 Å². The number of hydrogen-bond donors (Lipinski definition) is 2. The van der Waals surface area contributed by atoms with Gasteiger partial charge in [-0.05, 0) is 24.3 Å². The molecule has 0 aliphatic rings. The first-order valence-corrected chi connectivity index (χ1v) is 5.84. The van der Waals surface area contributed by atoms with E-state index in [4.69, 9.17) is 17.3 Å². The van der Waals surface area contributed by atoms with Crippen LogP contribution in [0.25, 0.3) is 11.3 Å². The van der Waals surface area contributed by atoms with Crippen LogP contribution in [0.2, 0.25) is 5.02 Å². The molecule has 0 aliphatic carbocycles. The van der Waals surface area contributed by atoms with Gasteiger partial charge in [-0.25, -0.2) is 15.2 Å². The van der Waals surface area contributed by atoms with Gasteiger partial charge in [-0.1, -0.05) is 29.8 Å². The summed E-state index contributed by atoms with van der Waals surface area (Å²) >= 11 is 5.83. The van der Waals surface area contributed by atoms with E-state index >= 15 is 0 Å². The predicted molar refractivity (Wildman–Crippen MR) is 75.0 cm³/mol. The van der Waals surface area contributed by atoms with Crippen LogP contribution >= 0.6 is 11.6 Å². The molecule has 0 aliphatic heterocycles. The highest BCUT2D eigenvalue weighted by Crippen LogP contribution is 2.19. The van der Waals surface area contributed by atoms with Gasteiger partial charge in [-0.2, -0.15) is 5.10 Å². The van der Waals surface area contributed by atoms with Crippen molar-refractivity contribution in [3.8, 4) is 11.3 Å². The van der Waals surface area contributed by atoms with Crippen LogP contribution in [0.15, 0.2) is 47.6 Å². The molecule has 5 nitrogen and oxygen atoms in total. The number of benzene rings is 1. The Bertz CT molecular complexity index is 610. The van der Waals surface area contributed by atoms with E-state index in [2.05, 4.69) is 15.5 Å². The van der Waals surface area contributed by atoms with Crippen LogP contribution < -0.4 is 11.2 Å². The minimum absolute atomic E-state index is 0.612. The number of nitrogens with two attached hydrogens (primary N) is 1. The molecule has 2 rings (SSSR count). The summed E-state index contributed by atoms with van der Waals surface area (Å²) < 4.78 is 0. The number of carbonyl (C=O) groups is 1. The molecule has 0 fully saturated rings. The topological polar surface area (TPSA) is 80.4 Å². The quantitative estimate of drug-likeness (QED) is 0.666. The van der Waals surface area contributed by atoms with Crippen LogP contribution in [-0.4, -0.2) is 17.2 Å². The van der Waals surface area contributed by atoms with Crippen molar-refractivity contribution in [1.29, 1.82) is 0 Å². The number of nitrogens with one attached hydrogen (secondary N) is 1. The highest BCUT2D eigenvalue weighted by Gasteiger charge is 2.00. The lowest BCUT2D eigenvalue weighted by molar-refractivity contribution is 0.249. The van der Waals surface area contributed by atoms with Crippen LogP contribution in [0.1, 0.15) is 5.69 Å². The molecule has 0 radical (unpaired) electrons. The van der Waals surface area contributed by atoms with Crippen LogP contribution in [0, 0.1) is 0 Å². The fraction of sp³-hybridized carbons (Fsp3) is 0. The number of hydrogen-bond acceptors (Lipinski definition) is 3. The van der Waals surface area contributed by atoms with Gasteiger partial charge in [0.05, 0.1) is 17.6 Å². The smallest absolute Gasteiger partial charge is 0.332 e. The number of primary amides is 1. The Morgan fingerprint density at radius 2 is 2.00 bits per heavy atom. The standard InChI is InChI=1S/C13H11ClN4O/c14-10-6-4-9(5-7-10)12-3-1-2-11(17-12)8-16-18-13(15)19/h1-8H,(H3,15,18,19)/b16-8+. The normalized spacial score (nSPS) is 10.6. The highest BCUT2D eigenvalue weighted by atomic mass is 35.5. The van der Waals surface area contributed by atoms with Gasteiger partial charge in [-0.15, -0.1) is 0 Å². The zero-order valence-corrected chi connectivity index (χ0v) is 10.6. The zero-order valence-electron chi connectivity index (χ0n) is 9.88. The number of amides is 2. The van der Waals surface area contributed by atoms with Crippen LogP contribution in [-0.2, 0) is 0 Å². The molecule has 1 aromatic carbocycles. The van der Waals surface area contributed by atoms with E-state index < -0.39 is 6.03 Å². The van der Waals surface area contributed by atoms with Crippen LogP contribution in [0.5, 0.6) is 0 Å². The summed E-state index contributed by atoms with van der Waals surface area (Å²) in [7, 11) is 0. The molecule has 0 bridgehead atoms. The third-order valence-electron chi connectivity index (χ3n) is 2.28. The van der Waals surface area contributed by atoms with Gasteiger partial charge in [0.25, 0.3) is 0 Å². The molecule has 6 heteroatoms. The van der Waals surface area contributed by atoms with E-state index in [0.717, 1.165) is 11.3 Å². The fourth-order valence-electron chi connectivity index (χ4n) is 1.47. The summed E-state index contributed by atoms with van der Waals surface area (Å²) in [5.41, 5.74) is 9.36. The second-order valence-corrected chi connectivity index (χ2v) is 4.13. The van der Waals surface area contributed by atoms with E-state index in [-0.39, 0.29) is 0 Å². The van der Waals surface area contributed by atoms with E-state index in [1.54, 1.807) is 18.2 Å². The molecule has 0 unspecified atom stereocenters. The number of carbonyl (C=O) groups excluding carboxylic acids is 1. The molecule has 0 atom stereocenters. The van der Waals surface area contributed by atoms with Crippen molar-refractivity contribution in [2.45, 2.75) is 0 Å². The first-order valence-electron chi connectivity index (χ1n) is 5.46. The molecule has 1 aromatic heterocycles. The monoisotopic (exact) mass is 274 g/mol. The van der Waals surface area contributed by atoms with Crippen molar-refractivity contribution in [1.82, 2.24) is 10.4 Å². The van der Waals surface area contributed by atoms with E-state index in [0.29, 0.717) is 10.7 Å². The number of nitrogens with zero attached hydrogens (tertiary/aromatic N) is 2. The van der Waals surface area contributed by atoms with Gasteiger partial charge in [0.15, 0.2) is 0 Å². The van der Waals surface area contributed by atoms with E-state index in [1.165, 1.54) is 6.21 Å². The van der Waals surface area contributed by atoms with E-state index in [9.17, 15) is 4.79 Å². The molecule has 0 saturated heterocycles. The maximum absolute atomic E-state index is 10.5. The summed E-state index contributed by atoms with van der Waals surface area (Å²) in [6, 6.07) is 12.1. The van der Waals surface area contributed by atoms with Crippen molar-refractivity contribution in [3.63, 3.8) is 0 Å². The minimum Gasteiger partial charge on any atom is -0.350 e. The third kappa shape index (κ3) is 3.79. The van der Waals surface area contributed by atoms with Gasteiger partial charge >= 0.3 is 6.03 Å². The van der Waals surface area contributed by atoms with Crippen molar-refractivity contribution < 1.29 is 4.79 Å². The van der Waals surface area contributed by atoms with Gasteiger partial charge in [0.2, 0.25) is 0 Å². The first kappa shape index (κ1) is 13.0. The summed E-state index contributed by atoms with van der Waals surface area (Å²) in [5, 5.41) is 4.33. The van der Waals surface area contributed by atoms with Crippen molar-refractivity contribution in [2.75, 3.05) is 0 Å². The number of urea groups is 1.